The number of aryl methyl sites for hydroxylation is 1. The predicted octanol–water partition coefficient (Wildman–Crippen LogP) is 3.08. The van der Waals surface area contributed by atoms with Crippen LogP contribution in [-0.2, 0) is 6.42 Å². The van der Waals surface area contributed by atoms with Gasteiger partial charge in [-0.1, -0.05) is 42.5 Å². The van der Waals surface area contributed by atoms with E-state index in [1.54, 1.807) is 6.07 Å². The monoisotopic (exact) mass is 265 g/mol. The Morgan fingerprint density at radius 3 is 2.65 bits per heavy atom. The molecule has 1 aromatic heterocycles. The molecule has 0 aliphatic carbocycles. The van der Waals surface area contributed by atoms with Crippen LogP contribution < -0.4 is 0 Å². The number of nitrogens with one attached hydrogen (secondary N) is 1. The summed E-state index contributed by atoms with van der Waals surface area (Å²) in [7, 11) is 0. The van der Waals surface area contributed by atoms with Gasteiger partial charge in [-0.15, -0.1) is 0 Å². The summed E-state index contributed by atoms with van der Waals surface area (Å²) in [4.78, 5) is 4.47. The first-order valence-electron chi connectivity index (χ1n) is 6.47. The first-order chi connectivity index (χ1) is 9.72. The average molecular weight is 265 g/mol. The van der Waals surface area contributed by atoms with E-state index in [0.29, 0.717) is 12.2 Å². The van der Waals surface area contributed by atoms with Gasteiger partial charge in [-0.3, -0.25) is 5.10 Å². The summed E-state index contributed by atoms with van der Waals surface area (Å²) < 4.78 is 0. The second-order valence-electron chi connectivity index (χ2n) is 4.77. The maximum absolute atomic E-state index is 9.74. The standard InChI is InChI=1S/C16H15N3O/c1-11-7-8-13(10-14(11)20)16-17-15(18-19-16)9-12-5-3-2-4-6-12/h2-8,10,20H,9H2,1H3,(H,17,18,19). The zero-order chi connectivity index (χ0) is 13.9. The maximum Gasteiger partial charge on any atom is 0.181 e. The number of aromatic amines is 1. The Bertz CT molecular complexity index is 720. The average Bonchev–Trinajstić information content (AvgIpc) is 2.91. The molecule has 0 saturated carbocycles. The normalized spacial score (nSPS) is 10.7. The van der Waals surface area contributed by atoms with Crippen LogP contribution in [0, 0.1) is 6.92 Å². The molecule has 3 aromatic rings. The van der Waals surface area contributed by atoms with Gasteiger partial charge in [0.05, 0.1) is 0 Å². The molecule has 2 aromatic carbocycles. The number of H-pyrrole nitrogens is 1. The number of hydrogen-bond donors (Lipinski definition) is 2. The van der Waals surface area contributed by atoms with Crippen LogP contribution in [0.2, 0.25) is 0 Å². The van der Waals surface area contributed by atoms with Crippen molar-refractivity contribution in [2.45, 2.75) is 13.3 Å². The van der Waals surface area contributed by atoms with E-state index in [-0.39, 0.29) is 5.75 Å². The third-order valence-electron chi connectivity index (χ3n) is 3.21. The Labute approximate surface area is 117 Å². The maximum atomic E-state index is 9.74. The molecule has 100 valence electrons. The molecule has 0 fully saturated rings. The quantitative estimate of drug-likeness (QED) is 0.765. The lowest BCUT2D eigenvalue weighted by Gasteiger charge is -2.00. The second-order valence-corrected chi connectivity index (χ2v) is 4.77. The summed E-state index contributed by atoms with van der Waals surface area (Å²) in [6, 6.07) is 15.6. The van der Waals surface area contributed by atoms with E-state index < -0.39 is 0 Å². The van der Waals surface area contributed by atoms with Crippen LogP contribution in [0.4, 0.5) is 0 Å². The van der Waals surface area contributed by atoms with Gasteiger partial charge in [-0.05, 0) is 24.1 Å². The molecule has 0 spiro atoms. The van der Waals surface area contributed by atoms with Crippen molar-refractivity contribution < 1.29 is 5.11 Å². The summed E-state index contributed by atoms with van der Waals surface area (Å²) in [6.07, 6.45) is 0.714. The lowest BCUT2D eigenvalue weighted by atomic mass is 10.1. The first kappa shape index (κ1) is 12.4. The Morgan fingerprint density at radius 2 is 1.90 bits per heavy atom. The zero-order valence-electron chi connectivity index (χ0n) is 11.2. The minimum Gasteiger partial charge on any atom is -0.508 e. The van der Waals surface area contributed by atoms with Crippen LogP contribution in [0.25, 0.3) is 11.4 Å². The smallest absolute Gasteiger partial charge is 0.181 e. The largest absolute Gasteiger partial charge is 0.508 e. The van der Waals surface area contributed by atoms with Crippen molar-refractivity contribution in [2.75, 3.05) is 0 Å². The molecule has 0 bridgehead atoms. The summed E-state index contributed by atoms with van der Waals surface area (Å²) in [5, 5.41) is 16.9. The summed E-state index contributed by atoms with van der Waals surface area (Å²) >= 11 is 0. The molecule has 20 heavy (non-hydrogen) atoms. The van der Waals surface area contributed by atoms with E-state index in [1.165, 1.54) is 5.56 Å². The minimum atomic E-state index is 0.261. The number of hydrogen-bond acceptors (Lipinski definition) is 3. The summed E-state index contributed by atoms with van der Waals surface area (Å²) in [6.45, 7) is 1.86. The van der Waals surface area contributed by atoms with E-state index >= 15 is 0 Å². The SMILES string of the molecule is Cc1ccc(-c2n[nH]c(Cc3ccccc3)n2)cc1O. The van der Waals surface area contributed by atoms with Gasteiger partial charge in [0, 0.05) is 12.0 Å². The fraction of sp³-hybridized carbons (Fsp3) is 0.125. The van der Waals surface area contributed by atoms with Gasteiger partial charge in [-0.25, -0.2) is 4.98 Å². The summed E-state index contributed by atoms with van der Waals surface area (Å²) in [5.74, 6) is 1.68. The number of aromatic hydroxyl groups is 1. The van der Waals surface area contributed by atoms with Crippen LogP contribution in [0.1, 0.15) is 17.0 Å². The fourth-order valence-electron chi connectivity index (χ4n) is 2.04. The molecule has 3 rings (SSSR count). The summed E-state index contributed by atoms with van der Waals surface area (Å²) in [5.41, 5.74) is 2.83. The van der Waals surface area contributed by atoms with Gasteiger partial charge >= 0.3 is 0 Å². The molecule has 4 nitrogen and oxygen atoms in total. The van der Waals surface area contributed by atoms with Gasteiger partial charge in [0.1, 0.15) is 11.6 Å². The van der Waals surface area contributed by atoms with Crippen LogP contribution in [0.5, 0.6) is 5.75 Å². The topological polar surface area (TPSA) is 61.8 Å². The Balaban J connectivity index is 1.84. The van der Waals surface area contributed by atoms with Crippen molar-refractivity contribution in [1.82, 2.24) is 15.2 Å². The number of aromatic nitrogens is 3. The highest BCUT2D eigenvalue weighted by Gasteiger charge is 2.08. The van der Waals surface area contributed by atoms with E-state index in [9.17, 15) is 5.11 Å². The molecular formula is C16H15N3O. The molecule has 0 unspecified atom stereocenters. The highest BCUT2D eigenvalue weighted by molar-refractivity contribution is 5.58. The molecular weight excluding hydrogens is 250 g/mol. The minimum absolute atomic E-state index is 0.261. The third-order valence-corrected chi connectivity index (χ3v) is 3.21. The van der Waals surface area contributed by atoms with E-state index in [0.717, 1.165) is 17.0 Å². The molecule has 0 amide bonds. The van der Waals surface area contributed by atoms with Gasteiger partial charge in [0.25, 0.3) is 0 Å². The highest BCUT2D eigenvalue weighted by Crippen LogP contribution is 2.23. The Morgan fingerprint density at radius 1 is 1.10 bits per heavy atom. The van der Waals surface area contributed by atoms with Crippen LogP contribution in [0.15, 0.2) is 48.5 Å². The van der Waals surface area contributed by atoms with Crippen LogP contribution >= 0.6 is 0 Å². The fourth-order valence-corrected chi connectivity index (χ4v) is 2.04. The number of rotatable bonds is 3. The van der Waals surface area contributed by atoms with Gasteiger partial charge in [0.2, 0.25) is 0 Å². The Kier molecular flexibility index (Phi) is 3.21. The molecule has 2 N–H and O–H groups in total. The predicted molar refractivity (Wildman–Crippen MR) is 77.5 cm³/mol. The lowest BCUT2D eigenvalue weighted by Crippen LogP contribution is -1.90. The van der Waals surface area contributed by atoms with E-state index in [4.69, 9.17) is 0 Å². The zero-order valence-corrected chi connectivity index (χ0v) is 11.2. The second kappa shape index (κ2) is 5.17. The van der Waals surface area contributed by atoms with Crippen molar-refractivity contribution in [3.63, 3.8) is 0 Å². The Hall–Kier alpha value is -2.62. The number of phenols is 1. The van der Waals surface area contributed by atoms with Gasteiger partial charge < -0.3 is 5.11 Å². The highest BCUT2D eigenvalue weighted by atomic mass is 16.3. The van der Waals surface area contributed by atoms with Crippen molar-refractivity contribution in [2.24, 2.45) is 0 Å². The van der Waals surface area contributed by atoms with E-state index in [2.05, 4.69) is 27.3 Å². The molecule has 1 heterocycles. The van der Waals surface area contributed by atoms with Crippen molar-refractivity contribution in [1.29, 1.82) is 0 Å². The lowest BCUT2D eigenvalue weighted by molar-refractivity contribution is 0.471. The van der Waals surface area contributed by atoms with Crippen molar-refractivity contribution in [3.8, 4) is 17.1 Å². The van der Waals surface area contributed by atoms with Crippen LogP contribution in [0.3, 0.4) is 0 Å². The van der Waals surface area contributed by atoms with Gasteiger partial charge in [-0.2, -0.15) is 5.10 Å². The molecule has 4 heteroatoms. The first-order valence-corrected chi connectivity index (χ1v) is 6.47. The van der Waals surface area contributed by atoms with Crippen LogP contribution in [-0.4, -0.2) is 20.3 Å². The van der Waals surface area contributed by atoms with E-state index in [1.807, 2.05) is 37.3 Å². The molecule has 0 saturated heterocycles. The number of phenolic OH excluding ortho intramolecular Hbond substituents is 1. The van der Waals surface area contributed by atoms with Crippen molar-refractivity contribution in [3.05, 3.63) is 65.5 Å². The number of nitrogens with zero attached hydrogens (tertiary/aromatic N) is 2. The molecule has 0 atom stereocenters. The third kappa shape index (κ3) is 2.54. The molecule has 0 aliphatic heterocycles. The van der Waals surface area contributed by atoms with Crippen molar-refractivity contribution >= 4 is 0 Å². The molecule has 0 radical (unpaired) electrons. The molecule has 0 aliphatic rings. The number of benzene rings is 2. The van der Waals surface area contributed by atoms with Gasteiger partial charge in [0.15, 0.2) is 5.82 Å².